The number of para-hydroxylation sites is 2. The fourth-order valence-electron chi connectivity index (χ4n) is 2.66. The first kappa shape index (κ1) is 12.3. The first-order chi connectivity index (χ1) is 8.22. The second-order valence-electron chi connectivity index (χ2n) is 5.08. The summed E-state index contributed by atoms with van der Waals surface area (Å²) >= 11 is 0. The minimum atomic E-state index is -0.0299. The van der Waals surface area contributed by atoms with Crippen LogP contribution in [0.3, 0.4) is 0 Å². The topological polar surface area (TPSA) is 21.3 Å². The van der Waals surface area contributed by atoms with Crippen molar-refractivity contribution >= 4 is 5.69 Å². The first-order valence-corrected chi connectivity index (χ1v) is 6.73. The number of nitrogens with one attached hydrogen (secondary N) is 1. The average Bonchev–Trinajstić information content (AvgIpc) is 2.38. The summed E-state index contributed by atoms with van der Waals surface area (Å²) < 4.78 is 6.35. The summed E-state index contributed by atoms with van der Waals surface area (Å²) in [4.78, 5) is 0. The Morgan fingerprint density at radius 3 is 2.82 bits per heavy atom. The third-order valence-electron chi connectivity index (χ3n) is 3.96. The van der Waals surface area contributed by atoms with E-state index in [9.17, 15) is 0 Å². The van der Waals surface area contributed by atoms with Crippen LogP contribution in [0.15, 0.2) is 24.3 Å². The standard InChI is InChI=1S/C15H23NO/c1-4-10-15(12(3)5-2)11-16-13-8-6-7-9-14(13)17-15/h6-9,12,16H,4-5,10-11H2,1-3H3. The Bertz CT molecular complexity index is 377. The van der Waals surface area contributed by atoms with Crippen molar-refractivity contribution < 1.29 is 4.74 Å². The van der Waals surface area contributed by atoms with Crippen molar-refractivity contribution in [2.45, 2.75) is 45.6 Å². The second-order valence-corrected chi connectivity index (χ2v) is 5.08. The lowest BCUT2D eigenvalue weighted by atomic mass is 9.82. The molecule has 0 aromatic heterocycles. The summed E-state index contributed by atoms with van der Waals surface area (Å²) in [5.74, 6) is 1.58. The predicted octanol–water partition coefficient (Wildman–Crippen LogP) is 4.08. The van der Waals surface area contributed by atoms with E-state index in [0.717, 1.165) is 37.2 Å². The van der Waals surface area contributed by atoms with Crippen molar-refractivity contribution in [3.63, 3.8) is 0 Å². The maximum Gasteiger partial charge on any atom is 0.143 e. The van der Waals surface area contributed by atoms with Crippen LogP contribution in [-0.4, -0.2) is 12.1 Å². The molecule has 0 bridgehead atoms. The lowest BCUT2D eigenvalue weighted by molar-refractivity contribution is 0.0110. The number of hydrogen-bond acceptors (Lipinski definition) is 2. The van der Waals surface area contributed by atoms with E-state index in [1.54, 1.807) is 0 Å². The zero-order valence-electron chi connectivity index (χ0n) is 11.1. The molecule has 0 spiro atoms. The summed E-state index contributed by atoms with van der Waals surface area (Å²) in [6.07, 6.45) is 3.43. The molecule has 0 fully saturated rings. The molecule has 0 amide bonds. The van der Waals surface area contributed by atoms with E-state index in [4.69, 9.17) is 4.74 Å². The van der Waals surface area contributed by atoms with Crippen molar-refractivity contribution in [2.75, 3.05) is 11.9 Å². The van der Waals surface area contributed by atoms with E-state index < -0.39 is 0 Å². The van der Waals surface area contributed by atoms with Crippen LogP contribution < -0.4 is 10.1 Å². The van der Waals surface area contributed by atoms with E-state index in [0.29, 0.717) is 5.92 Å². The molecule has 1 heterocycles. The molecular weight excluding hydrogens is 210 g/mol. The summed E-state index contributed by atoms with van der Waals surface area (Å²) in [6.45, 7) is 7.69. The molecule has 2 atom stereocenters. The Morgan fingerprint density at radius 1 is 1.35 bits per heavy atom. The monoisotopic (exact) mass is 233 g/mol. The van der Waals surface area contributed by atoms with Gasteiger partial charge in [-0.2, -0.15) is 0 Å². The van der Waals surface area contributed by atoms with Gasteiger partial charge in [-0.05, 0) is 30.9 Å². The average molecular weight is 233 g/mol. The van der Waals surface area contributed by atoms with Gasteiger partial charge >= 0.3 is 0 Å². The van der Waals surface area contributed by atoms with Crippen molar-refractivity contribution in [1.29, 1.82) is 0 Å². The molecule has 2 heteroatoms. The molecule has 0 radical (unpaired) electrons. The molecule has 0 saturated heterocycles. The highest BCUT2D eigenvalue weighted by molar-refractivity contribution is 5.58. The molecule has 1 aliphatic rings. The molecule has 2 unspecified atom stereocenters. The van der Waals surface area contributed by atoms with E-state index in [1.165, 1.54) is 0 Å². The number of rotatable bonds is 4. The zero-order chi connectivity index (χ0) is 12.3. The second kappa shape index (κ2) is 4.99. The molecule has 2 rings (SSSR count). The zero-order valence-corrected chi connectivity index (χ0v) is 11.1. The van der Waals surface area contributed by atoms with Crippen LogP contribution in [0.25, 0.3) is 0 Å². The third kappa shape index (κ3) is 2.26. The number of hydrogen-bond donors (Lipinski definition) is 1. The Kier molecular flexibility index (Phi) is 3.60. The molecule has 17 heavy (non-hydrogen) atoms. The Balaban J connectivity index is 2.27. The summed E-state index contributed by atoms with van der Waals surface area (Å²) in [6, 6.07) is 8.24. The van der Waals surface area contributed by atoms with E-state index in [-0.39, 0.29) is 5.60 Å². The first-order valence-electron chi connectivity index (χ1n) is 6.73. The van der Waals surface area contributed by atoms with Crippen LogP contribution in [0, 0.1) is 5.92 Å². The van der Waals surface area contributed by atoms with Crippen LogP contribution in [-0.2, 0) is 0 Å². The highest BCUT2D eigenvalue weighted by Gasteiger charge is 2.39. The third-order valence-corrected chi connectivity index (χ3v) is 3.96. The molecule has 1 aromatic rings. The van der Waals surface area contributed by atoms with Crippen LogP contribution in [0.5, 0.6) is 5.75 Å². The van der Waals surface area contributed by atoms with Crippen LogP contribution in [0.4, 0.5) is 5.69 Å². The SMILES string of the molecule is CCCC1(C(C)CC)CNc2ccccc2O1. The summed E-state index contributed by atoms with van der Waals surface area (Å²) in [7, 11) is 0. The fraction of sp³-hybridized carbons (Fsp3) is 0.600. The van der Waals surface area contributed by atoms with Crippen molar-refractivity contribution in [3.8, 4) is 5.75 Å². The number of fused-ring (bicyclic) bond motifs is 1. The van der Waals surface area contributed by atoms with Gasteiger partial charge in [-0.3, -0.25) is 0 Å². The summed E-state index contributed by atoms with van der Waals surface area (Å²) in [5.41, 5.74) is 1.10. The van der Waals surface area contributed by atoms with Gasteiger partial charge in [0.15, 0.2) is 0 Å². The Morgan fingerprint density at radius 2 is 2.12 bits per heavy atom. The Hall–Kier alpha value is -1.18. The minimum absolute atomic E-state index is 0.0299. The highest BCUT2D eigenvalue weighted by Crippen LogP contribution is 2.39. The smallest absolute Gasteiger partial charge is 0.143 e. The van der Waals surface area contributed by atoms with Gasteiger partial charge in [-0.25, -0.2) is 0 Å². The van der Waals surface area contributed by atoms with Gasteiger partial charge in [0.05, 0.1) is 12.2 Å². The van der Waals surface area contributed by atoms with Gasteiger partial charge in [0.2, 0.25) is 0 Å². The van der Waals surface area contributed by atoms with Gasteiger partial charge in [0.1, 0.15) is 11.4 Å². The molecule has 0 aliphatic carbocycles. The van der Waals surface area contributed by atoms with Crippen molar-refractivity contribution in [2.24, 2.45) is 5.92 Å². The van der Waals surface area contributed by atoms with Gasteiger partial charge in [0.25, 0.3) is 0 Å². The van der Waals surface area contributed by atoms with Crippen LogP contribution >= 0.6 is 0 Å². The predicted molar refractivity (Wildman–Crippen MR) is 72.7 cm³/mol. The quantitative estimate of drug-likeness (QED) is 0.846. The Labute approximate surface area is 104 Å². The summed E-state index contributed by atoms with van der Waals surface area (Å²) in [5, 5.41) is 3.53. The van der Waals surface area contributed by atoms with Crippen molar-refractivity contribution in [3.05, 3.63) is 24.3 Å². The van der Waals surface area contributed by atoms with E-state index in [2.05, 4.69) is 38.2 Å². The number of ether oxygens (including phenoxy) is 1. The largest absolute Gasteiger partial charge is 0.483 e. The molecular formula is C15H23NO. The van der Waals surface area contributed by atoms with Crippen LogP contribution in [0.1, 0.15) is 40.0 Å². The highest BCUT2D eigenvalue weighted by atomic mass is 16.5. The van der Waals surface area contributed by atoms with Crippen LogP contribution in [0.2, 0.25) is 0 Å². The van der Waals surface area contributed by atoms with Gasteiger partial charge in [-0.15, -0.1) is 0 Å². The minimum Gasteiger partial charge on any atom is -0.483 e. The molecule has 1 N–H and O–H groups in total. The lowest BCUT2D eigenvalue weighted by Crippen LogP contribution is -2.50. The maximum absolute atomic E-state index is 6.35. The lowest BCUT2D eigenvalue weighted by Gasteiger charge is -2.43. The number of anilines is 1. The van der Waals surface area contributed by atoms with Gasteiger partial charge in [0, 0.05) is 0 Å². The molecule has 1 aromatic carbocycles. The van der Waals surface area contributed by atoms with E-state index >= 15 is 0 Å². The molecule has 1 aliphatic heterocycles. The van der Waals surface area contributed by atoms with E-state index in [1.807, 2.05) is 12.1 Å². The van der Waals surface area contributed by atoms with Crippen molar-refractivity contribution in [1.82, 2.24) is 0 Å². The molecule has 2 nitrogen and oxygen atoms in total. The maximum atomic E-state index is 6.35. The molecule has 94 valence electrons. The fourth-order valence-corrected chi connectivity index (χ4v) is 2.66. The van der Waals surface area contributed by atoms with Gasteiger partial charge < -0.3 is 10.1 Å². The van der Waals surface area contributed by atoms with Gasteiger partial charge in [-0.1, -0.05) is 39.3 Å². The molecule has 0 saturated carbocycles. The normalized spacial score (nSPS) is 24.4. The number of benzene rings is 1.